The molecular formula is C21H22FN3O3S2. The second kappa shape index (κ2) is 8.39. The largest absolute Gasteiger partial charge is 0.312 e. The van der Waals surface area contributed by atoms with Crippen molar-refractivity contribution in [2.24, 2.45) is 4.99 Å². The number of nitrogens with zero attached hydrogens (tertiary/aromatic N) is 3. The van der Waals surface area contributed by atoms with Gasteiger partial charge in [0, 0.05) is 24.4 Å². The predicted molar refractivity (Wildman–Crippen MR) is 117 cm³/mol. The molecule has 1 fully saturated rings. The summed E-state index contributed by atoms with van der Waals surface area (Å²) < 4.78 is 42.1. The number of amides is 1. The number of hydrogen-bond donors (Lipinski definition) is 0. The summed E-state index contributed by atoms with van der Waals surface area (Å²) in [6, 6.07) is 11.5. The molecule has 0 bridgehead atoms. The van der Waals surface area contributed by atoms with Crippen LogP contribution in [-0.2, 0) is 20.6 Å². The van der Waals surface area contributed by atoms with Crippen molar-refractivity contribution in [1.29, 1.82) is 0 Å². The number of rotatable bonds is 5. The molecule has 0 aromatic heterocycles. The molecule has 2 aliphatic rings. The van der Waals surface area contributed by atoms with Crippen molar-refractivity contribution in [2.75, 3.05) is 24.5 Å². The summed E-state index contributed by atoms with van der Waals surface area (Å²) in [7, 11) is -3.85. The average Bonchev–Trinajstić information content (AvgIpc) is 3.37. The Balaban J connectivity index is 1.59. The second-order valence-electron chi connectivity index (χ2n) is 7.22. The van der Waals surface area contributed by atoms with Crippen molar-refractivity contribution >= 4 is 38.5 Å². The van der Waals surface area contributed by atoms with E-state index in [1.54, 1.807) is 48.2 Å². The molecule has 0 unspecified atom stereocenters. The standard InChI is InChI=1S/C21H22FN3O3S2/c1-15-8-9-17(24-11-4-7-20(24)26)13-19(15)30(27,28)25-12-10-23-21(25)29-14-16-5-2-3-6-18(16)22/h2-3,5-6,8-9,13H,4,7,10-12,14H2,1H3. The van der Waals surface area contributed by atoms with Gasteiger partial charge in [-0.1, -0.05) is 36.0 Å². The van der Waals surface area contributed by atoms with Crippen molar-refractivity contribution in [1.82, 2.24) is 4.31 Å². The molecule has 6 nitrogen and oxygen atoms in total. The lowest BCUT2D eigenvalue weighted by Gasteiger charge is -2.23. The number of benzene rings is 2. The van der Waals surface area contributed by atoms with Gasteiger partial charge in [0.15, 0.2) is 5.17 Å². The molecule has 1 amide bonds. The lowest BCUT2D eigenvalue weighted by molar-refractivity contribution is -0.117. The number of carbonyl (C=O) groups excluding carboxylic acids is 1. The van der Waals surface area contributed by atoms with Crippen LogP contribution in [0.5, 0.6) is 0 Å². The van der Waals surface area contributed by atoms with Crippen LogP contribution in [0.1, 0.15) is 24.0 Å². The quantitative estimate of drug-likeness (QED) is 0.703. The van der Waals surface area contributed by atoms with Gasteiger partial charge < -0.3 is 4.90 Å². The van der Waals surface area contributed by atoms with Gasteiger partial charge in [-0.15, -0.1) is 0 Å². The summed E-state index contributed by atoms with van der Waals surface area (Å²) in [5.41, 5.74) is 1.70. The van der Waals surface area contributed by atoms with E-state index in [0.29, 0.717) is 47.2 Å². The number of aliphatic imine (C=N–C) groups is 1. The molecule has 0 aliphatic carbocycles. The van der Waals surface area contributed by atoms with Crippen LogP contribution in [0, 0.1) is 12.7 Å². The molecule has 0 radical (unpaired) electrons. The van der Waals surface area contributed by atoms with Gasteiger partial charge in [0.05, 0.1) is 18.0 Å². The first kappa shape index (κ1) is 20.9. The summed E-state index contributed by atoms with van der Waals surface area (Å²) >= 11 is 1.21. The summed E-state index contributed by atoms with van der Waals surface area (Å²) in [6.45, 7) is 2.94. The normalized spacial score (nSPS) is 17.0. The van der Waals surface area contributed by atoms with E-state index in [1.807, 2.05) is 0 Å². The first-order valence-electron chi connectivity index (χ1n) is 9.72. The van der Waals surface area contributed by atoms with Crippen molar-refractivity contribution < 1.29 is 17.6 Å². The van der Waals surface area contributed by atoms with E-state index in [1.165, 1.54) is 22.1 Å². The van der Waals surface area contributed by atoms with Gasteiger partial charge >= 0.3 is 0 Å². The first-order chi connectivity index (χ1) is 14.4. The van der Waals surface area contributed by atoms with E-state index < -0.39 is 10.0 Å². The van der Waals surface area contributed by atoms with Crippen molar-refractivity contribution in [3.05, 3.63) is 59.4 Å². The number of amidine groups is 1. The van der Waals surface area contributed by atoms with Crippen LogP contribution in [-0.4, -0.2) is 43.4 Å². The van der Waals surface area contributed by atoms with Gasteiger partial charge in [-0.3, -0.25) is 9.79 Å². The lowest BCUT2D eigenvalue weighted by Crippen LogP contribution is -2.33. The number of hydrogen-bond acceptors (Lipinski definition) is 5. The Kier molecular flexibility index (Phi) is 5.84. The number of halogens is 1. The Morgan fingerprint density at radius 1 is 1.17 bits per heavy atom. The summed E-state index contributed by atoms with van der Waals surface area (Å²) in [4.78, 5) is 18.2. The van der Waals surface area contributed by atoms with Crippen LogP contribution in [0.2, 0.25) is 0 Å². The summed E-state index contributed by atoms with van der Waals surface area (Å²) in [6.07, 6.45) is 1.25. The van der Waals surface area contributed by atoms with Crippen molar-refractivity contribution in [2.45, 2.75) is 30.4 Å². The minimum atomic E-state index is -3.85. The zero-order chi connectivity index (χ0) is 21.3. The van der Waals surface area contributed by atoms with Crippen LogP contribution >= 0.6 is 11.8 Å². The molecule has 2 aliphatic heterocycles. The summed E-state index contributed by atoms with van der Waals surface area (Å²) in [5.74, 6) is -0.0263. The van der Waals surface area contributed by atoms with Crippen LogP contribution in [0.3, 0.4) is 0 Å². The van der Waals surface area contributed by atoms with Crippen LogP contribution in [0.4, 0.5) is 10.1 Å². The van der Waals surface area contributed by atoms with Gasteiger partial charge in [0.25, 0.3) is 10.0 Å². The minimum Gasteiger partial charge on any atom is -0.312 e. The maximum absolute atomic E-state index is 13.9. The fraction of sp³-hybridized carbons (Fsp3) is 0.333. The third-order valence-electron chi connectivity index (χ3n) is 5.20. The van der Waals surface area contributed by atoms with Gasteiger partial charge in [-0.05, 0) is 42.7 Å². The topological polar surface area (TPSA) is 70.1 Å². The maximum Gasteiger partial charge on any atom is 0.266 e. The Morgan fingerprint density at radius 2 is 1.97 bits per heavy atom. The molecule has 0 N–H and O–H groups in total. The zero-order valence-corrected chi connectivity index (χ0v) is 18.2. The molecule has 9 heteroatoms. The molecule has 4 rings (SSSR count). The van der Waals surface area contributed by atoms with Crippen molar-refractivity contribution in [3.8, 4) is 0 Å². The third-order valence-corrected chi connectivity index (χ3v) is 8.31. The van der Waals surface area contributed by atoms with Crippen LogP contribution < -0.4 is 4.90 Å². The van der Waals surface area contributed by atoms with Gasteiger partial charge in [-0.2, -0.15) is 0 Å². The fourth-order valence-electron chi connectivity index (χ4n) is 3.58. The molecule has 0 saturated carbocycles. The smallest absolute Gasteiger partial charge is 0.266 e. The Morgan fingerprint density at radius 3 is 2.70 bits per heavy atom. The summed E-state index contributed by atoms with van der Waals surface area (Å²) in [5, 5.41) is 0.361. The molecule has 2 aromatic carbocycles. The molecule has 1 saturated heterocycles. The predicted octanol–water partition coefficient (Wildman–Crippen LogP) is 3.55. The SMILES string of the molecule is Cc1ccc(N2CCCC2=O)cc1S(=O)(=O)N1CCN=C1SCc1ccccc1F. The minimum absolute atomic E-state index is 0.00562. The highest BCUT2D eigenvalue weighted by atomic mass is 32.2. The van der Waals surface area contributed by atoms with E-state index in [0.717, 1.165) is 6.42 Å². The van der Waals surface area contributed by atoms with Crippen LogP contribution in [0.15, 0.2) is 52.4 Å². The number of sulfonamides is 1. The number of anilines is 1. The molecule has 0 atom stereocenters. The molecule has 30 heavy (non-hydrogen) atoms. The van der Waals surface area contributed by atoms with Gasteiger partial charge in [0.1, 0.15) is 5.82 Å². The highest BCUT2D eigenvalue weighted by Gasteiger charge is 2.33. The number of aryl methyl sites for hydroxylation is 1. The zero-order valence-electron chi connectivity index (χ0n) is 16.5. The van der Waals surface area contributed by atoms with E-state index in [-0.39, 0.29) is 23.2 Å². The van der Waals surface area contributed by atoms with E-state index in [9.17, 15) is 17.6 Å². The molecule has 0 spiro atoms. The maximum atomic E-state index is 13.9. The fourth-order valence-corrected chi connectivity index (χ4v) is 6.54. The van der Waals surface area contributed by atoms with Gasteiger partial charge in [-0.25, -0.2) is 17.1 Å². The first-order valence-corrected chi connectivity index (χ1v) is 12.1. The Labute approximate surface area is 179 Å². The highest BCUT2D eigenvalue weighted by Crippen LogP contribution is 2.31. The second-order valence-corrected chi connectivity index (χ2v) is 9.99. The van der Waals surface area contributed by atoms with Crippen LogP contribution in [0.25, 0.3) is 0 Å². The molecule has 2 aromatic rings. The van der Waals surface area contributed by atoms with Gasteiger partial charge in [0.2, 0.25) is 5.91 Å². The van der Waals surface area contributed by atoms with Crippen molar-refractivity contribution in [3.63, 3.8) is 0 Å². The Bertz CT molecular complexity index is 1120. The van der Waals surface area contributed by atoms with E-state index >= 15 is 0 Å². The molecule has 2 heterocycles. The average molecular weight is 448 g/mol. The van der Waals surface area contributed by atoms with E-state index in [4.69, 9.17) is 0 Å². The molecular weight excluding hydrogens is 425 g/mol. The highest BCUT2D eigenvalue weighted by molar-refractivity contribution is 8.14. The number of thioether (sulfide) groups is 1. The third kappa shape index (κ3) is 3.96. The lowest BCUT2D eigenvalue weighted by atomic mass is 10.2. The Hall–Kier alpha value is -2.39. The van der Waals surface area contributed by atoms with E-state index in [2.05, 4.69) is 4.99 Å². The molecule has 158 valence electrons. The number of carbonyl (C=O) groups is 1. The monoisotopic (exact) mass is 447 g/mol.